The molecule has 0 aliphatic carbocycles. The Kier molecular flexibility index (Phi) is 4.39. The average Bonchev–Trinajstić information content (AvgIpc) is 2.42. The van der Waals surface area contributed by atoms with Crippen molar-refractivity contribution >= 4 is 17.2 Å². The zero-order chi connectivity index (χ0) is 14.8. The minimum atomic E-state index is -2.82. The van der Waals surface area contributed by atoms with Crippen LogP contribution in [0.25, 0.3) is 0 Å². The van der Waals surface area contributed by atoms with Crippen molar-refractivity contribution in [1.29, 1.82) is 0 Å². The lowest BCUT2D eigenvalue weighted by atomic mass is 9.80. The first-order valence-corrected chi connectivity index (χ1v) is 7.20. The molecule has 20 heavy (non-hydrogen) atoms. The SMILES string of the molecule is CC1(C(N)=S)CCN(CC(F)(F)c2ccccc2)CC1. The third-order valence-corrected chi connectivity index (χ3v) is 4.67. The molecule has 1 saturated heterocycles. The number of halogens is 2. The molecule has 2 nitrogen and oxygen atoms in total. The van der Waals surface area contributed by atoms with Gasteiger partial charge in [-0.05, 0) is 25.9 Å². The molecule has 0 radical (unpaired) electrons. The number of nitrogens with two attached hydrogens (primary N) is 1. The Bertz CT molecular complexity index is 468. The smallest absolute Gasteiger partial charge is 0.285 e. The van der Waals surface area contributed by atoms with E-state index in [-0.39, 0.29) is 17.5 Å². The molecule has 2 rings (SSSR count). The van der Waals surface area contributed by atoms with E-state index in [2.05, 4.69) is 0 Å². The van der Waals surface area contributed by atoms with E-state index in [1.807, 2.05) is 6.92 Å². The summed E-state index contributed by atoms with van der Waals surface area (Å²) in [6.45, 7) is 2.99. The highest BCUT2D eigenvalue weighted by atomic mass is 32.1. The predicted molar refractivity (Wildman–Crippen MR) is 80.9 cm³/mol. The van der Waals surface area contributed by atoms with E-state index < -0.39 is 5.92 Å². The quantitative estimate of drug-likeness (QED) is 0.866. The van der Waals surface area contributed by atoms with E-state index in [4.69, 9.17) is 18.0 Å². The molecule has 1 aliphatic heterocycles. The second-order valence-corrected chi connectivity index (χ2v) is 6.21. The molecule has 1 fully saturated rings. The van der Waals surface area contributed by atoms with E-state index in [0.717, 1.165) is 12.8 Å². The zero-order valence-electron chi connectivity index (χ0n) is 11.6. The van der Waals surface area contributed by atoms with Crippen LogP contribution < -0.4 is 5.73 Å². The summed E-state index contributed by atoms with van der Waals surface area (Å²) in [5.74, 6) is -2.82. The van der Waals surface area contributed by atoms with Gasteiger partial charge in [0.2, 0.25) is 0 Å². The fourth-order valence-corrected chi connectivity index (χ4v) is 2.71. The van der Waals surface area contributed by atoms with E-state index >= 15 is 0 Å². The molecule has 1 heterocycles. The molecule has 0 unspecified atom stereocenters. The van der Waals surface area contributed by atoms with Crippen molar-refractivity contribution in [1.82, 2.24) is 4.90 Å². The standard InChI is InChI=1S/C15H20F2N2S/c1-14(13(18)20)7-9-19(10-8-14)11-15(16,17)12-5-3-2-4-6-12/h2-6H,7-11H2,1H3,(H2,18,20). The molecular weight excluding hydrogens is 278 g/mol. The maximum absolute atomic E-state index is 14.2. The number of thiocarbonyl (C=S) groups is 1. The van der Waals surface area contributed by atoms with Crippen LogP contribution in [0.15, 0.2) is 30.3 Å². The molecule has 0 saturated carbocycles. The second-order valence-electron chi connectivity index (χ2n) is 5.77. The Hall–Kier alpha value is -1.07. The van der Waals surface area contributed by atoms with Crippen LogP contribution in [0.4, 0.5) is 8.78 Å². The number of piperidine rings is 1. The predicted octanol–water partition coefficient (Wildman–Crippen LogP) is 3.17. The van der Waals surface area contributed by atoms with Crippen molar-refractivity contribution in [2.75, 3.05) is 19.6 Å². The number of nitrogens with zero attached hydrogens (tertiary/aromatic N) is 1. The van der Waals surface area contributed by atoms with Crippen LogP contribution in [-0.2, 0) is 5.92 Å². The molecule has 2 N–H and O–H groups in total. The Morgan fingerprint density at radius 3 is 2.35 bits per heavy atom. The number of rotatable bonds is 4. The Morgan fingerprint density at radius 1 is 1.30 bits per heavy atom. The van der Waals surface area contributed by atoms with Gasteiger partial charge >= 0.3 is 0 Å². The zero-order valence-corrected chi connectivity index (χ0v) is 12.4. The molecule has 1 aromatic rings. The molecule has 0 spiro atoms. The Morgan fingerprint density at radius 2 is 1.85 bits per heavy atom. The van der Waals surface area contributed by atoms with Crippen molar-refractivity contribution in [2.24, 2.45) is 11.1 Å². The molecule has 110 valence electrons. The van der Waals surface area contributed by atoms with Crippen LogP contribution in [0.2, 0.25) is 0 Å². The first-order chi connectivity index (χ1) is 9.33. The lowest BCUT2D eigenvalue weighted by molar-refractivity contribution is -0.0461. The Labute approximate surface area is 123 Å². The van der Waals surface area contributed by atoms with Crippen molar-refractivity contribution < 1.29 is 8.78 Å². The highest BCUT2D eigenvalue weighted by Crippen LogP contribution is 2.34. The second kappa shape index (κ2) is 5.74. The molecule has 1 aromatic carbocycles. The van der Waals surface area contributed by atoms with Crippen LogP contribution in [0.3, 0.4) is 0 Å². The third kappa shape index (κ3) is 3.33. The van der Waals surface area contributed by atoms with Gasteiger partial charge in [0.05, 0.1) is 11.5 Å². The van der Waals surface area contributed by atoms with Crippen LogP contribution in [0.5, 0.6) is 0 Å². The molecule has 0 atom stereocenters. The maximum Gasteiger partial charge on any atom is 0.285 e. The molecule has 5 heteroatoms. The van der Waals surface area contributed by atoms with Gasteiger partial charge in [0.15, 0.2) is 0 Å². The summed E-state index contributed by atoms with van der Waals surface area (Å²) in [4.78, 5) is 2.29. The van der Waals surface area contributed by atoms with Crippen molar-refractivity contribution in [3.8, 4) is 0 Å². The van der Waals surface area contributed by atoms with E-state index in [1.165, 1.54) is 12.1 Å². The van der Waals surface area contributed by atoms with Gasteiger partial charge in [-0.15, -0.1) is 0 Å². The summed E-state index contributed by atoms with van der Waals surface area (Å²) < 4.78 is 28.4. The lowest BCUT2D eigenvalue weighted by Gasteiger charge is -2.39. The number of alkyl halides is 2. The van der Waals surface area contributed by atoms with Crippen molar-refractivity contribution in [3.63, 3.8) is 0 Å². The molecule has 1 aliphatic rings. The number of benzene rings is 1. The summed E-state index contributed by atoms with van der Waals surface area (Å²) in [7, 11) is 0. The monoisotopic (exact) mass is 298 g/mol. The first-order valence-electron chi connectivity index (χ1n) is 6.79. The van der Waals surface area contributed by atoms with Gasteiger partial charge in [0.25, 0.3) is 5.92 Å². The lowest BCUT2D eigenvalue weighted by Crippen LogP contribution is -2.47. The number of hydrogen-bond donors (Lipinski definition) is 1. The van der Waals surface area contributed by atoms with E-state index in [9.17, 15) is 8.78 Å². The van der Waals surface area contributed by atoms with Gasteiger partial charge in [-0.25, -0.2) is 0 Å². The van der Waals surface area contributed by atoms with Gasteiger partial charge in [0, 0.05) is 11.0 Å². The van der Waals surface area contributed by atoms with E-state index in [0.29, 0.717) is 18.1 Å². The molecule has 0 aromatic heterocycles. The molecule has 0 bridgehead atoms. The van der Waals surface area contributed by atoms with Gasteiger partial charge in [-0.2, -0.15) is 8.78 Å². The van der Waals surface area contributed by atoms with Gasteiger partial charge < -0.3 is 5.73 Å². The van der Waals surface area contributed by atoms with Crippen LogP contribution in [0, 0.1) is 5.41 Å². The number of likely N-dealkylation sites (tertiary alicyclic amines) is 1. The highest BCUT2D eigenvalue weighted by Gasteiger charge is 2.38. The molecule has 0 amide bonds. The largest absolute Gasteiger partial charge is 0.393 e. The summed E-state index contributed by atoms with van der Waals surface area (Å²) in [5, 5.41) is 0. The maximum atomic E-state index is 14.2. The van der Waals surface area contributed by atoms with Crippen LogP contribution in [0.1, 0.15) is 25.3 Å². The van der Waals surface area contributed by atoms with Crippen molar-refractivity contribution in [3.05, 3.63) is 35.9 Å². The fraction of sp³-hybridized carbons (Fsp3) is 0.533. The topological polar surface area (TPSA) is 29.3 Å². The van der Waals surface area contributed by atoms with Gasteiger partial charge in [0.1, 0.15) is 0 Å². The summed E-state index contributed by atoms with van der Waals surface area (Å²) in [6.07, 6.45) is 1.49. The van der Waals surface area contributed by atoms with E-state index in [1.54, 1.807) is 23.1 Å². The fourth-order valence-electron chi connectivity index (χ4n) is 2.51. The summed E-state index contributed by atoms with van der Waals surface area (Å²) in [6, 6.07) is 7.98. The van der Waals surface area contributed by atoms with Gasteiger partial charge in [-0.3, -0.25) is 4.90 Å². The highest BCUT2D eigenvalue weighted by molar-refractivity contribution is 7.80. The van der Waals surface area contributed by atoms with Crippen LogP contribution in [-0.4, -0.2) is 29.5 Å². The molecular formula is C15H20F2N2S. The van der Waals surface area contributed by atoms with Crippen molar-refractivity contribution in [2.45, 2.75) is 25.7 Å². The summed E-state index contributed by atoms with van der Waals surface area (Å²) >= 11 is 5.06. The van der Waals surface area contributed by atoms with Gasteiger partial charge in [-0.1, -0.05) is 49.5 Å². The average molecular weight is 298 g/mol. The Balaban J connectivity index is 1.97. The number of hydrogen-bond acceptors (Lipinski definition) is 2. The minimum Gasteiger partial charge on any atom is -0.393 e. The summed E-state index contributed by atoms with van der Waals surface area (Å²) in [5.41, 5.74) is 5.62. The minimum absolute atomic E-state index is 0.0719. The normalized spacial score (nSPS) is 19.8. The third-order valence-electron chi connectivity index (χ3n) is 4.17. The first kappa shape index (κ1) is 15.3. The van der Waals surface area contributed by atoms with Crippen LogP contribution >= 0.6 is 12.2 Å².